The van der Waals surface area contributed by atoms with Gasteiger partial charge in [0.25, 0.3) is 0 Å². The molecule has 0 radical (unpaired) electrons. The fourth-order valence-corrected chi connectivity index (χ4v) is 3.29. The third-order valence-corrected chi connectivity index (χ3v) is 4.60. The number of hydrogen-bond donors (Lipinski definition) is 0. The molecule has 0 atom stereocenters. The van der Waals surface area contributed by atoms with Gasteiger partial charge in [-0.05, 0) is 30.7 Å². The van der Waals surface area contributed by atoms with Crippen LogP contribution in [0.4, 0.5) is 0 Å². The van der Waals surface area contributed by atoms with Crippen molar-refractivity contribution in [3.63, 3.8) is 0 Å². The molecule has 0 aliphatic carbocycles. The lowest BCUT2D eigenvalue weighted by atomic mass is 10.1. The first-order valence-electron chi connectivity index (χ1n) is 8.19. The lowest BCUT2D eigenvalue weighted by molar-refractivity contribution is 0.311. The molecule has 3 rings (SSSR count). The Labute approximate surface area is 157 Å². The molecule has 130 valence electrons. The van der Waals surface area contributed by atoms with Crippen molar-refractivity contribution in [1.82, 2.24) is 4.98 Å². The van der Waals surface area contributed by atoms with E-state index in [1.807, 2.05) is 66.9 Å². The molecule has 0 bridgehead atoms. The molecule has 0 N–H and O–H groups in total. The summed E-state index contributed by atoms with van der Waals surface area (Å²) in [5, 5.41) is 12.2. The Morgan fingerprint density at radius 1 is 1.19 bits per heavy atom. The quantitative estimate of drug-likeness (QED) is 0.560. The predicted molar refractivity (Wildman–Crippen MR) is 105 cm³/mol. The van der Waals surface area contributed by atoms with E-state index in [0.717, 1.165) is 16.8 Å². The molecule has 5 heteroatoms. The lowest BCUT2D eigenvalue weighted by Crippen LogP contribution is -1.95. The van der Waals surface area contributed by atoms with Crippen molar-refractivity contribution in [2.24, 2.45) is 0 Å². The predicted octanol–water partition coefficient (Wildman–Crippen LogP) is 5.28. The fraction of sp³-hybridized carbons (Fsp3) is 0.143. The largest absolute Gasteiger partial charge is 0.493 e. The van der Waals surface area contributed by atoms with Crippen LogP contribution in [0.1, 0.15) is 17.5 Å². The SMILES string of the molecule is CCOc1cc(/C=C(\C#N)c2nc(-c3ccccc3)cs2)ccc1OC. The van der Waals surface area contributed by atoms with Gasteiger partial charge in [-0.15, -0.1) is 11.3 Å². The van der Waals surface area contributed by atoms with Gasteiger partial charge in [0.2, 0.25) is 0 Å². The van der Waals surface area contributed by atoms with Crippen LogP contribution in [-0.4, -0.2) is 18.7 Å². The molecule has 0 amide bonds. The molecular weight excluding hydrogens is 344 g/mol. The Morgan fingerprint density at radius 3 is 2.69 bits per heavy atom. The van der Waals surface area contributed by atoms with Gasteiger partial charge < -0.3 is 9.47 Å². The van der Waals surface area contributed by atoms with Crippen molar-refractivity contribution < 1.29 is 9.47 Å². The van der Waals surface area contributed by atoms with Crippen LogP contribution in [0, 0.1) is 11.3 Å². The normalized spacial score (nSPS) is 11.0. The van der Waals surface area contributed by atoms with Gasteiger partial charge in [0.05, 0.1) is 25.0 Å². The van der Waals surface area contributed by atoms with E-state index in [2.05, 4.69) is 11.1 Å². The van der Waals surface area contributed by atoms with Crippen molar-refractivity contribution in [3.05, 3.63) is 64.5 Å². The topological polar surface area (TPSA) is 55.1 Å². The minimum Gasteiger partial charge on any atom is -0.493 e. The summed E-state index contributed by atoms with van der Waals surface area (Å²) < 4.78 is 10.9. The highest BCUT2D eigenvalue weighted by atomic mass is 32.1. The van der Waals surface area contributed by atoms with Gasteiger partial charge in [-0.2, -0.15) is 5.26 Å². The van der Waals surface area contributed by atoms with Gasteiger partial charge in [0.1, 0.15) is 11.1 Å². The molecule has 0 fully saturated rings. The molecule has 1 heterocycles. The van der Waals surface area contributed by atoms with Crippen molar-refractivity contribution in [3.8, 4) is 28.8 Å². The minimum atomic E-state index is 0.518. The smallest absolute Gasteiger partial charge is 0.161 e. The second kappa shape index (κ2) is 8.32. The van der Waals surface area contributed by atoms with Crippen LogP contribution in [0.25, 0.3) is 22.9 Å². The highest BCUT2D eigenvalue weighted by Crippen LogP contribution is 2.31. The number of hydrogen-bond acceptors (Lipinski definition) is 5. The van der Waals surface area contributed by atoms with E-state index < -0.39 is 0 Å². The summed E-state index contributed by atoms with van der Waals surface area (Å²) in [6.45, 7) is 2.46. The molecule has 0 spiro atoms. The number of methoxy groups -OCH3 is 1. The van der Waals surface area contributed by atoms with E-state index in [9.17, 15) is 5.26 Å². The standard InChI is InChI=1S/C21H18N2O2S/c1-3-25-20-12-15(9-10-19(20)24-2)11-17(13-22)21-23-18(14-26-21)16-7-5-4-6-8-16/h4-12,14H,3H2,1-2H3/b17-11+. The van der Waals surface area contributed by atoms with Gasteiger partial charge in [-0.25, -0.2) is 4.98 Å². The van der Waals surface area contributed by atoms with Gasteiger partial charge in [-0.3, -0.25) is 0 Å². The number of benzene rings is 2. The summed E-state index contributed by atoms with van der Waals surface area (Å²) >= 11 is 1.46. The summed E-state index contributed by atoms with van der Waals surface area (Å²) in [4.78, 5) is 4.61. The summed E-state index contributed by atoms with van der Waals surface area (Å²) in [6.07, 6.45) is 1.82. The van der Waals surface area contributed by atoms with E-state index in [4.69, 9.17) is 9.47 Å². The number of rotatable bonds is 6. The van der Waals surface area contributed by atoms with E-state index >= 15 is 0 Å². The van der Waals surface area contributed by atoms with Crippen molar-refractivity contribution >= 4 is 23.0 Å². The van der Waals surface area contributed by atoms with Crippen LogP contribution in [0.15, 0.2) is 53.9 Å². The van der Waals surface area contributed by atoms with E-state index in [1.54, 1.807) is 7.11 Å². The van der Waals surface area contributed by atoms with Crippen LogP contribution in [0.5, 0.6) is 11.5 Å². The van der Waals surface area contributed by atoms with Crippen LogP contribution in [0.2, 0.25) is 0 Å². The van der Waals surface area contributed by atoms with Gasteiger partial charge in [-0.1, -0.05) is 36.4 Å². The Kier molecular flexibility index (Phi) is 5.67. The maximum absolute atomic E-state index is 9.59. The van der Waals surface area contributed by atoms with Gasteiger partial charge in [0.15, 0.2) is 11.5 Å². The van der Waals surface area contributed by atoms with E-state index in [0.29, 0.717) is 28.7 Å². The zero-order chi connectivity index (χ0) is 18.4. The maximum atomic E-state index is 9.59. The Bertz CT molecular complexity index is 956. The Morgan fingerprint density at radius 2 is 2.00 bits per heavy atom. The molecule has 26 heavy (non-hydrogen) atoms. The first-order chi connectivity index (χ1) is 12.7. The lowest BCUT2D eigenvalue weighted by Gasteiger charge is -2.09. The summed E-state index contributed by atoms with van der Waals surface area (Å²) in [5.41, 5.74) is 3.29. The van der Waals surface area contributed by atoms with Gasteiger partial charge >= 0.3 is 0 Å². The highest BCUT2D eigenvalue weighted by molar-refractivity contribution is 7.11. The monoisotopic (exact) mass is 362 g/mol. The number of thiazole rings is 1. The van der Waals surface area contributed by atoms with Crippen LogP contribution in [0.3, 0.4) is 0 Å². The number of aromatic nitrogens is 1. The minimum absolute atomic E-state index is 0.518. The molecule has 0 saturated heterocycles. The Hall–Kier alpha value is -3.10. The number of ether oxygens (including phenoxy) is 2. The van der Waals surface area contributed by atoms with E-state index in [1.165, 1.54) is 11.3 Å². The molecular formula is C21H18N2O2S. The molecule has 2 aromatic carbocycles. The summed E-state index contributed by atoms with van der Waals surface area (Å²) in [7, 11) is 1.61. The molecule has 3 aromatic rings. The fourth-order valence-electron chi connectivity index (χ4n) is 2.50. The number of allylic oxidation sites excluding steroid dienone is 1. The molecule has 0 aliphatic rings. The zero-order valence-electron chi connectivity index (χ0n) is 14.6. The van der Waals surface area contributed by atoms with E-state index in [-0.39, 0.29) is 0 Å². The van der Waals surface area contributed by atoms with Crippen molar-refractivity contribution in [2.75, 3.05) is 13.7 Å². The third kappa shape index (κ3) is 3.93. The molecule has 0 unspecified atom stereocenters. The molecule has 0 saturated carbocycles. The average Bonchev–Trinajstić information content (AvgIpc) is 3.17. The van der Waals surface area contributed by atoms with Crippen LogP contribution < -0.4 is 9.47 Å². The maximum Gasteiger partial charge on any atom is 0.161 e. The summed E-state index contributed by atoms with van der Waals surface area (Å²) in [6, 6.07) is 17.8. The Balaban J connectivity index is 1.93. The molecule has 1 aromatic heterocycles. The van der Waals surface area contributed by atoms with Crippen molar-refractivity contribution in [1.29, 1.82) is 5.26 Å². The van der Waals surface area contributed by atoms with Crippen molar-refractivity contribution in [2.45, 2.75) is 6.92 Å². The molecule has 4 nitrogen and oxygen atoms in total. The highest BCUT2D eigenvalue weighted by Gasteiger charge is 2.10. The van der Waals surface area contributed by atoms with Crippen LogP contribution >= 0.6 is 11.3 Å². The van der Waals surface area contributed by atoms with Crippen LogP contribution in [-0.2, 0) is 0 Å². The number of nitriles is 1. The average molecular weight is 362 g/mol. The third-order valence-electron chi connectivity index (χ3n) is 3.72. The first-order valence-corrected chi connectivity index (χ1v) is 9.07. The summed E-state index contributed by atoms with van der Waals surface area (Å²) in [5.74, 6) is 1.33. The first kappa shape index (κ1) is 17.7. The zero-order valence-corrected chi connectivity index (χ0v) is 15.4. The van der Waals surface area contributed by atoms with Gasteiger partial charge in [0, 0.05) is 10.9 Å². The number of nitrogens with zero attached hydrogens (tertiary/aromatic N) is 2. The second-order valence-corrected chi connectivity index (χ2v) is 6.28. The molecule has 0 aliphatic heterocycles. The second-order valence-electron chi connectivity index (χ2n) is 5.42.